The maximum Gasteiger partial charge on any atom is 0.130 e. The fraction of sp³-hybridized carbons (Fsp3) is 0.286. The molecule has 0 fully saturated rings. The van der Waals surface area contributed by atoms with Crippen LogP contribution in [0.4, 0.5) is 5.82 Å². The molecule has 2 heterocycles. The maximum absolute atomic E-state index is 5.89. The Labute approximate surface area is 64.2 Å². The van der Waals surface area contributed by atoms with Crippen molar-refractivity contribution in [1.82, 2.24) is 4.98 Å². The molecule has 1 aliphatic rings. The Hall–Kier alpha value is -0.760. The first-order valence-electron chi connectivity index (χ1n) is 3.25. The van der Waals surface area contributed by atoms with Crippen LogP contribution in [0.15, 0.2) is 12.3 Å². The monoisotopic (exact) mass is 154 g/mol. The minimum atomic E-state index is 0.829. The smallest absolute Gasteiger partial charge is 0.130 e. The van der Waals surface area contributed by atoms with Gasteiger partial charge in [-0.25, -0.2) is 4.98 Å². The molecule has 1 aromatic heterocycles. The second-order valence-corrected chi connectivity index (χ2v) is 2.70. The second-order valence-electron chi connectivity index (χ2n) is 2.30. The van der Waals surface area contributed by atoms with Crippen LogP contribution in [-0.4, -0.2) is 11.5 Å². The molecule has 0 bridgehead atoms. The van der Waals surface area contributed by atoms with Crippen LogP contribution in [0.3, 0.4) is 0 Å². The fourth-order valence-electron chi connectivity index (χ4n) is 1.16. The highest BCUT2D eigenvalue weighted by Gasteiger charge is 2.12. The van der Waals surface area contributed by atoms with Gasteiger partial charge in [0.2, 0.25) is 0 Å². The molecule has 2 nitrogen and oxygen atoms in total. The summed E-state index contributed by atoms with van der Waals surface area (Å²) in [6.45, 7) is 0.964. The van der Waals surface area contributed by atoms with Gasteiger partial charge in [-0.05, 0) is 12.5 Å². The number of hydrogen-bond donors (Lipinski definition) is 1. The SMILES string of the molecule is Clc1ccnc2c1CCN2. The van der Waals surface area contributed by atoms with Crippen molar-refractivity contribution in [2.45, 2.75) is 6.42 Å². The minimum absolute atomic E-state index is 0.829. The van der Waals surface area contributed by atoms with Gasteiger partial charge in [0.1, 0.15) is 5.82 Å². The predicted octanol–water partition coefficient (Wildman–Crippen LogP) is 1.70. The summed E-state index contributed by atoms with van der Waals surface area (Å²) >= 11 is 5.89. The van der Waals surface area contributed by atoms with E-state index in [1.165, 1.54) is 0 Å². The summed E-state index contributed by atoms with van der Waals surface area (Å²) in [5.74, 6) is 0.951. The topological polar surface area (TPSA) is 24.9 Å². The number of hydrogen-bond acceptors (Lipinski definition) is 2. The molecule has 0 unspecified atom stereocenters. The van der Waals surface area contributed by atoms with E-state index in [0.717, 1.165) is 29.4 Å². The molecule has 0 amide bonds. The Balaban J connectivity index is 2.59. The van der Waals surface area contributed by atoms with E-state index in [4.69, 9.17) is 11.6 Å². The molecule has 0 aliphatic carbocycles. The maximum atomic E-state index is 5.89. The molecule has 0 radical (unpaired) electrons. The van der Waals surface area contributed by atoms with Crippen LogP contribution in [0, 0.1) is 0 Å². The van der Waals surface area contributed by atoms with Gasteiger partial charge in [0.25, 0.3) is 0 Å². The van der Waals surface area contributed by atoms with Gasteiger partial charge in [0.15, 0.2) is 0 Å². The number of rotatable bonds is 0. The number of aromatic nitrogens is 1. The highest BCUT2D eigenvalue weighted by Crippen LogP contribution is 2.25. The molecular formula is C7H7ClN2. The van der Waals surface area contributed by atoms with Crippen LogP contribution < -0.4 is 5.32 Å². The van der Waals surface area contributed by atoms with Crippen molar-refractivity contribution in [3.05, 3.63) is 22.8 Å². The summed E-state index contributed by atoms with van der Waals surface area (Å²) < 4.78 is 0. The zero-order valence-electron chi connectivity index (χ0n) is 5.39. The molecule has 0 aromatic carbocycles. The van der Waals surface area contributed by atoms with Crippen LogP contribution in [0.25, 0.3) is 0 Å². The third kappa shape index (κ3) is 0.762. The summed E-state index contributed by atoms with van der Waals surface area (Å²) in [6.07, 6.45) is 2.72. The lowest BCUT2D eigenvalue weighted by Gasteiger charge is -1.97. The van der Waals surface area contributed by atoms with Crippen molar-refractivity contribution in [2.75, 3.05) is 11.9 Å². The van der Waals surface area contributed by atoms with Gasteiger partial charge in [-0.3, -0.25) is 0 Å². The van der Waals surface area contributed by atoms with E-state index >= 15 is 0 Å². The Morgan fingerprint density at radius 3 is 3.30 bits per heavy atom. The average Bonchev–Trinajstić information content (AvgIpc) is 2.36. The predicted molar refractivity (Wildman–Crippen MR) is 41.4 cm³/mol. The minimum Gasteiger partial charge on any atom is -0.369 e. The molecule has 1 aromatic rings. The summed E-state index contributed by atoms with van der Waals surface area (Å²) in [6, 6.07) is 1.83. The molecule has 0 atom stereocenters. The van der Waals surface area contributed by atoms with Gasteiger partial charge in [-0.2, -0.15) is 0 Å². The quantitative estimate of drug-likeness (QED) is 0.616. The van der Waals surface area contributed by atoms with Crippen LogP contribution in [0.1, 0.15) is 5.56 Å². The van der Waals surface area contributed by atoms with E-state index < -0.39 is 0 Å². The lowest BCUT2D eigenvalue weighted by molar-refractivity contribution is 1.11. The van der Waals surface area contributed by atoms with Crippen LogP contribution >= 0.6 is 11.6 Å². The number of nitrogens with zero attached hydrogens (tertiary/aromatic N) is 1. The van der Waals surface area contributed by atoms with Crippen molar-refractivity contribution in [3.8, 4) is 0 Å². The molecular weight excluding hydrogens is 148 g/mol. The van der Waals surface area contributed by atoms with E-state index in [1.807, 2.05) is 6.07 Å². The number of halogens is 1. The average molecular weight is 155 g/mol. The van der Waals surface area contributed by atoms with E-state index in [2.05, 4.69) is 10.3 Å². The summed E-state index contributed by atoms with van der Waals surface area (Å²) in [5, 5.41) is 3.97. The molecule has 1 aliphatic heterocycles. The van der Waals surface area contributed by atoms with E-state index in [0.29, 0.717) is 0 Å². The van der Waals surface area contributed by atoms with Gasteiger partial charge < -0.3 is 5.32 Å². The third-order valence-electron chi connectivity index (χ3n) is 1.67. The normalized spacial score (nSPS) is 14.5. The molecule has 0 saturated heterocycles. The van der Waals surface area contributed by atoms with Crippen LogP contribution in [-0.2, 0) is 6.42 Å². The van der Waals surface area contributed by atoms with Gasteiger partial charge in [0.05, 0.1) is 0 Å². The van der Waals surface area contributed by atoms with Crippen molar-refractivity contribution < 1.29 is 0 Å². The van der Waals surface area contributed by atoms with Crippen molar-refractivity contribution in [1.29, 1.82) is 0 Å². The molecule has 52 valence electrons. The van der Waals surface area contributed by atoms with Crippen molar-refractivity contribution >= 4 is 17.4 Å². The van der Waals surface area contributed by atoms with Gasteiger partial charge in [-0.1, -0.05) is 11.6 Å². The van der Waals surface area contributed by atoms with Crippen molar-refractivity contribution in [2.24, 2.45) is 0 Å². The summed E-state index contributed by atoms with van der Waals surface area (Å²) in [7, 11) is 0. The van der Waals surface area contributed by atoms with Gasteiger partial charge >= 0.3 is 0 Å². The summed E-state index contributed by atoms with van der Waals surface area (Å²) in [4.78, 5) is 4.12. The Morgan fingerprint density at radius 2 is 2.50 bits per heavy atom. The summed E-state index contributed by atoms with van der Waals surface area (Å²) in [5.41, 5.74) is 1.16. The number of nitrogens with one attached hydrogen (secondary N) is 1. The standard InChI is InChI=1S/C7H7ClN2/c8-6-2-4-10-7-5(6)1-3-9-7/h2,4H,1,3H2,(H,9,10). The number of anilines is 1. The first kappa shape index (κ1) is 5.98. The molecule has 10 heavy (non-hydrogen) atoms. The van der Waals surface area contributed by atoms with Crippen LogP contribution in [0.5, 0.6) is 0 Å². The third-order valence-corrected chi connectivity index (χ3v) is 2.02. The lowest BCUT2D eigenvalue weighted by atomic mass is 10.2. The fourth-order valence-corrected chi connectivity index (χ4v) is 1.41. The van der Waals surface area contributed by atoms with Crippen molar-refractivity contribution in [3.63, 3.8) is 0 Å². The zero-order chi connectivity index (χ0) is 6.97. The second kappa shape index (κ2) is 2.13. The van der Waals surface area contributed by atoms with E-state index in [9.17, 15) is 0 Å². The Morgan fingerprint density at radius 1 is 1.60 bits per heavy atom. The van der Waals surface area contributed by atoms with E-state index in [-0.39, 0.29) is 0 Å². The zero-order valence-corrected chi connectivity index (χ0v) is 6.15. The Kier molecular flexibility index (Phi) is 1.27. The van der Waals surface area contributed by atoms with Crippen LogP contribution in [0.2, 0.25) is 5.02 Å². The molecule has 0 spiro atoms. The number of fused-ring (bicyclic) bond motifs is 1. The first-order valence-corrected chi connectivity index (χ1v) is 3.63. The molecule has 1 N–H and O–H groups in total. The van der Waals surface area contributed by atoms with Gasteiger partial charge in [0, 0.05) is 23.3 Å². The molecule has 3 heteroatoms. The van der Waals surface area contributed by atoms with E-state index in [1.54, 1.807) is 6.20 Å². The van der Waals surface area contributed by atoms with Gasteiger partial charge in [-0.15, -0.1) is 0 Å². The largest absolute Gasteiger partial charge is 0.369 e. The Bertz CT molecular complexity index is 260. The lowest BCUT2D eigenvalue weighted by Crippen LogP contribution is -1.92. The first-order chi connectivity index (χ1) is 4.88. The molecule has 0 saturated carbocycles. The highest BCUT2D eigenvalue weighted by atomic mass is 35.5. The molecule has 2 rings (SSSR count). The highest BCUT2D eigenvalue weighted by molar-refractivity contribution is 6.31. The number of pyridine rings is 1.